The molecule has 112 valence electrons. The standard InChI is InChI=1S/C15H16BCl2F2N/c1-4-8-14(15(2,17)18)21(3)16(19,20)12-11-13-9-6-5-7-10-13/h4-7,9-10,14H,1,3,8H2,2H3/i3D2. The predicted molar refractivity (Wildman–Crippen MR) is 87.4 cm³/mol. The Kier molecular flexibility index (Phi) is 4.95. The maximum atomic E-state index is 14.5. The third kappa shape index (κ3) is 5.19. The summed E-state index contributed by atoms with van der Waals surface area (Å²) in [5, 5.41) is 0. The topological polar surface area (TPSA) is 3.01 Å². The van der Waals surface area contributed by atoms with E-state index in [1.54, 1.807) is 30.3 Å². The second-order valence-corrected chi connectivity index (χ2v) is 6.43. The van der Waals surface area contributed by atoms with Crippen LogP contribution in [0.4, 0.5) is 8.63 Å². The van der Waals surface area contributed by atoms with Gasteiger partial charge in [0.15, 0.2) is 4.33 Å². The van der Waals surface area contributed by atoms with E-state index in [4.69, 9.17) is 25.9 Å². The molecule has 0 aliphatic carbocycles. The van der Waals surface area contributed by atoms with Crippen molar-refractivity contribution in [1.82, 2.24) is 0 Å². The first kappa shape index (κ1) is 14.6. The molecular weight excluding hydrogens is 314 g/mol. The van der Waals surface area contributed by atoms with E-state index in [2.05, 4.69) is 12.5 Å². The van der Waals surface area contributed by atoms with Gasteiger partial charge in [0.2, 0.25) is 0 Å². The van der Waals surface area contributed by atoms with Crippen molar-refractivity contribution in [3.63, 3.8) is 0 Å². The monoisotopic (exact) mass is 331 g/mol. The maximum absolute atomic E-state index is 14.5. The number of nitrogens with zero attached hydrogens (tertiary/aromatic N) is 1. The Hall–Kier alpha value is -1.31. The van der Waals surface area contributed by atoms with Gasteiger partial charge in [-0.25, -0.2) is 0 Å². The third-order valence-electron chi connectivity index (χ3n) is 2.82. The van der Waals surface area contributed by atoms with Gasteiger partial charge < -0.3 is 13.1 Å². The minimum Gasteiger partial charge on any atom is -0.400 e. The van der Waals surface area contributed by atoms with Gasteiger partial charge in [-0.05, 0) is 19.1 Å². The van der Waals surface area contributed by atoms with Gasteiger partial charge in [-0.3, -0.25) is 0 Å². The van der Waals surface area contributed by atoms with Crippen LogP contribution in [0.2, 0.25) is 0 Å². The molecule has 0 aliphatic rings. The van der Waals surface area contributed by atoms with Crippen molar-refractivity contribution in [1.29, 1.82) is 0 Å². The van der Waals surface area contributed by atoms with Gasteiger partial charge >= 0.3 is 6.84 Å². The second-order valence-electron chi connectivity index (χ2n) is 4.66. The van der Waals surface area contributed by atoms with Gasteiger partial charge in [0.25, 0.3) is 0 Å². The first-order valence-corrected chi connectivity index (χ1v) is 7.02. The van der Waals surface area contributed by atoms with Crippen LogP contribution in [-0.4, -0.2) is 28.4 Å². The minimum atomic E-state index is -4.53. The molecule has 1 unspecified atom stereocenters. The van der Waals surface area contributed by atoms with E-state index in [1.807, 2.05) is 5.82 Å². The smallest absolute Gasteiger partial charge is 0.400 e. The molecule has 0 N–H and O–H groups in total. The Morgan fingerprint density at radius 2 is 2.10 bits per heavy atom. The maximum Gasteiger partial charge on any atom is 0.685 e. The molecule has 0 aliphatic heterocycles. The summed E-state index contributed by atoms with van der Waals surface area (Å²) in [4.78, 5) is 0. The molecule has 6 heteroatoms. The van der Waals surface area contributed by atoms with Crippen molar-refractivity contribution in [3.8, 4) is 11.7 Å². The largest absolute Gasteiger partial charge is 0.685 e. The summed E-state index contributed by atoms with van der Waals surface area (Å²) in [5.41, 5.74) is 0.408. The van der Waals surface area contributed by atoms with Crippen molar-refractivity contribution >= 4 is 36.7 Å². The molecule has 0 saturated carbocycles. The summed E-state index contributed by atoms with van der Waals surface area (Å²) >= 11 is 11.9. The lowest BCUT2D eigenvalue weighted by atomic mass is 9.78. The molecule has 21 heavy (non-hydrogen) atoms. The molecule has 0 saturated heterocycles. The molecule has 1 rings (SSSR count). The van der Waals surface area contributed by atoms with Crippen LogP contribution in [-0.2, 0) is 0 Å². The van der Waals surface area contributed by atoms with E-state index in [0.29, 0.717) is 5.56 Å². The molecule has 0 spiro atoms. The molecular formula is C15H16BCl2F2N. The van der Waals surface area contributed by atoms with E-state index >= 15 is 0 Å². The molecule has 0 fully saturated rings. The van der Waals surface area contributed by atoms with E-state index in [9.17, 15) is 8.63 Å². The van der Waals surface area contributed by atoms with Crippen molar-refractivity contribution in [3.05, 3.63) is 48.6 Å². The van der Waals surface area contributed by atoms with Gasteiger partial charge in [0, 0.05) is 12.0 Å². The highest BCUT2D eigenvalue weighted by atomic mass is 35.5. The summed E-state index contributed by atoms with van der Waals surface area (Å²) in [5.74, 6) is 4.22. The SMILES string of the molecule is [2H]C([2H])=[N+](C(CC=C)C(C)(Cl)Cl)[B-](F)(F)C#Cc1ccccc1. The highest BCUT2D eigenvalue weighted by Crippen LogP contribution is 2.31. The summed E-state index contributed by atoms with van der Waals surface area (Å²) in [6.45, 7) is -0.820. The van der Waals surface area contributed by atoms with Crippen LogP contribution in [0.25, 0.3) is 0 Å². The number of hydrogen-bond donors (Lipinski definition) is 0. The molecule has 0 bridgehead atoms. The molecule has 1 aromatic carbocycles. The summed E-state index contributed by atoms with van der Waals surface area (Å²) in [6, 6.07) is 7.07. The zero-order valence-electron chi connectivity index (χ0n) is 13.5. The zero-order chi connectivity index (χ0) is 17.7. The van der Waals surface area contributed by atoms with Crippen LogP contribution in [0.5, 0.6) is 0 Å². The van der Waals surface area contributed by atoms with Crippen LogP contribution >= 0.6 is 23.2 Å². The van der Waals surface area contributed by atoms with Crippen molar-refractivity contribution in [2.24, 2.45) is 0 Å². The Morgan fingerprint density at radius 3 is 2.57 bits per heavy atom. The van der Waals surface area contributed by atoms with E-state index in [1.165, 1.54) is 13.0 Å². The summed E-state index contributed by atoms with van der Waals surface area (Å²) in [6.07, 6.45) is 1.34. The highest BCUT2D eigenvalue weighted by Gasteiger charge is 2.46. The number of halogens is 4. The van der Waals surface area contributed by atoms with Crippen LogP contribution in [0.1, 0.15) is 21.6 Å². The molecule has 0 aromatic heterocycles. The van der Waals surface area contributed by atoms with Crippen LogP contribution in [0.3, 0.4) is 0 Å². The minimum absolute atomic E-state index is 0.0187. The van der Waals surface area contributed by atoms with Gasteiger partial charge in [-0.2, -0.15) is 0 Å². The normalized spacial score (nSPS) is 14.1. The average Bonchev–Trinajstić information content (AvgIpc) is 2.44. The quantitative estimate of drug-likeness (QED) is 0.249. The fraction of sp³-hybridized carbons (Fsp3) is 0.267. The van der Waals surface area contributed by atoms with Gasteiger partial charge in [0.05, 0.1) is 6.67 Å². The van der Waals surface area contributed by atoms with Crippen LogP contribution in [0.15, 0.2) is 43.0 Å². The second kappa shape index (κ2) is 7.11. The van der Waals surface area contributed by atoms with Gasteiger partial charge in [0.1, 0.15) is 8.78 Å². The lowest BCUT2D eigenvalue weighted by Gasteiger charge is -2.30. The number of rotatable bonds is 5. The summed E-state index contributed by atoms with van der Waals surface area (Å²) < 4.78 is 42.5. The number of hydrogen-bond acceptors (Lipinski definition) is 0. The molecule has 1 aromatic rings. The Morgan fingerprint density at radius 1 is 1.48 bits per heavy atom. The van der Waals surface area contributed by atoms with Crippen molar-refractivity contribution in [2.45, 2.75) is 23.7 Å². The van der Waals surface area contributed by atoms with Crippen molar-refractivity contribution < 1.29 is 15.9 Å². The zero-order valence-corrected chi connectivity index (χ0v) is 13.0. The van der Waals surface area contributed by atoms with Gasteiger partial charge in [-0.15, -0.1) is 18.3 Å². The molecule has 0 heterocycles. The molecule has 0 amide bonds. The van der Waals surface area contributed by atoms with E-state index in [-0.39, 0.29) is 10.9 Å². The van der Waals surface area contributed by atoms with Crippen molar-refractivity contribution in [2.75, 3.05) is 0 Å². The third-order valence-corrected chi connectivity index (χ3v) is 3.33. The first-order valence-electron chi connectivity index (χ1n) is 7.27. The lowest BCUT2D eigenvalue weighted by Crippen LogP contribution is -2.50. The Bertz CT molecular complexity index is 645. The average molecular weight is 332 g/mol. The Balaban J connectivity index is 3.31. The predicted octanol–water partition coefficient (Wildman–Crippen LogP) is 4.31. The number of benzene rings is 1. The molecule has 1 atom stereocenters. The summed E-state index contributed by atoms with van der Waals surface area (Å²) in [7, 11) is 0. The fourth-order valence-corrected chi connectivity index (χ4v) is 2.10. The first-order chi connectivity index (χ1) is 10.6. The molecule has 0 radical (unpaired) electrons. The lowest BCUT2D eigenvalue weighted by molar-refractivity contribution is -0.456. The van der Waals surface area contributed by atoms with Gasteiger partial charge in [-0.1, -0.05) is 47.5 Å². The molecule has 1 nitrogen and oxygen atoms in total. The van der Waals surface area contributed by atoms with Crippen LogP contribution in [0, 0.1) is 11.7 Å². The fourth-order valence-electron chi connectivity index (χ4n) is 1.71. The van der Waals surface area contributed by atoms with E-state index in [0.717, 1.165) is 0 Å². The highest BCUT2D eigenvalue weighted by molar-refractivity contribution is 6.67. The Labute approximate surface area is 137 Å². The number of alkyl halides is 2. The van der Waals surface area contributed by atoms with Crippen LogP contribution < -0.4 is 0 Å². The van der Waals surface area contributed by atoms with E-state index < -0.39 is 23.9 Å².